The van der Waals surface area contributed by atoms with Gasteiger partial charge in [0.1, 0.15) is 5.69 Å². The first-order valence-electron chi connectivity index (χ1n) is 6.95. The van der Waals surface area contributed by atoms with E-state index in [9.17, 15) is 14.9 Å². The van der Waals surface area contributed by atoms with Crippen molar-refractivity contribution < 1.29 is 9.72 Å². The van der Waals surface area contributed by atoms with Crippen LogP contribution >= 0.6 is 11.6 Å². The summed E-state index contributed by atoms with van der Waals surface area (Å²) in [6.45, 7) is 1.83. The predicted octanol–water partition coefficient (Wildman–Crippen LogP) is 3.78. The van der Waals surface area contributed by atoms with Gasteiger partial charge >= 0.3 is 0 Å². The van der Waals surface area contributed by atoms with E-state index in [1.165, 1.54) is 12.1 Å². The molecule has 120 valence electrons. The summed E-state index contributed by atoms with van der Waals surface area (Å²) in [7, 11) is 1.59. The maximum absolute atomic E-state index is 12.3. The van der Waals surface area contributed by atoms with E-state index >= 15 is 0 Å². The van der Waals surface area contributed by atoms with E-state index in [1.54, 1.807) is 25.2 Å². The molecule has 2 aromatic rings. The molecule has 0 saturated carbocycles. The smallest absolute Gasteiger partial charge is 0.293 e. The molecule has 1 amide bonds. The van der Waals surface area contributed by atoms with Crippen LogP contribution in [0.4, 0.5) is 11.4 Å². The Morgan fingerprint density at radius 3 is 2.43 bits per heavy atom. The molecule has 0 aliphatic carbocycles. The molecule has 2 aromatic carbocycles. The lowest BCUT2D eigenvalue weighted by molar-refractivity contribution is -0.384. The molecule has 2 N–H and O–H groups in total. The molecular formula is C16H16ClN3O3. The van der Waals surface area contributed by atoms with Gasteiger partial charge in [-0.05, 0) is 36.8 Å². The molecule has 0 fully saturated rings. The number of rotatable bonds is 5. The number of benzene rings is 2. The van der Waals surface area contributed by atoms with Crippen LogP contribution in [0.1, 0.15) is 28.9 Å². The lowest BCUT2D eigenvalue weighted by Crippen LogP contribution is -2.26. The first kappa shape index (κ1) is 16.8. The highest BCUT2D eigenvalue weighted by Crippen LogP contribution is 2.25. The van der Waals surface area contributed by atoms with E-state index in [0.717, 1.165) is 5.56 Å². The highest BCUT2D eigenvalue weighted by molar-refractivity contribution is 6.30. The SMILES string of the molecule is CNc1ccc(C(=O)N[C@H](C)c2ccc(Cl)cc2)cc1[N+](=O)[O-]. The second kappa shape index (κ2) is 7.11. The Labute approximate surface area is 138 Å². The molecule has 23 heavy (non-hydrogen) atoms. The fourth-order valence-electron chi connectivity index (χ4n) is 2.15. The lowest BCUT2D eigenvalue weighted by atomic mass is 10.1. The monoisotopic (exact) mass is 333 g/mol. The first-order chi connectivity index (χ1) is 10.9. The first-order valence-corrected chi connectivity index (χ1v) is 7.32. The average molecular weight is 334 g/mol. The Hall–Kier alpha value is -2.60. The fourth-order valence-corrected chi connectivity index (χ4v) is 2.28. The number of carbonyl (C=O) groups is 1. The van der Waals surface area contributed by atoms with E-state index in [1.807, 2.05) is 19.1 Å². The standard InChI is InChI=1S/C16H16ClN3O3/c1-10(11-3-6-13(17)7-4-11)19-16(21)12-5-8-14(18-2)15(9-12)20(22)23/h3-10,18H,1-2H3,(H,19,21)/t10-/m1/s1. The number of nitrogens with zero attached hydrogens (tertiary/aromatic N) is 1. The minimum atomic E-state index is -0.523. The van der Waals surface area contributed by atoms with Crippen molar-refractivity contribution in [1.29, 1.82) is 0 Å². The second-order valence-corrected chi connectivity index (χ2v) is 5.42. The lowest BCUT2D eigenvalue weighted by Gasteiger charge is -2.14. The second-order valence-electron chi connectivity index (χ2n) is 4.99. The molecule has 0 aliphatic rings. The molecule has 0 radical (unpaired) electrons. The minimum Gasteiger partial charge on any atom is -0.383 e. The van der Waals surface area contributed by atoms with Crippen LogP contribution in [0, 0.1) is 10.1 Å². The summed E-state index contributed by atoms with van der Waals surface area (Å²) in [5.74, 6) is -0.377. The molecule has 7 heteroatoms. The summed E-state index contributed by atoms with van der Waals surface area (Å²) >= 11 is 5.84. The van der Waals surface area contributed by atoms with Crippen LogP contribution < -0.4 is 10.6 Å². The Bertz CT molecular complexity index is 732. The van der Waals surface area contributed by atoms with Crippen molar-refractivity contribution in [2.24, 2.45) is 0 Å². The third-order valence-electron chi connectivity index (χ3n) is 3.44. The van der Waals surface area contributed by atoms with Crippen molar-refractivity contribution in [3.8, 4) is 0 Å². The van der Waals surface area contributed by atoms with Gasteiger partial charge in [0, 0.05) is 23.7 Å². The largest absolute Gasteiger partial charge is 0.383 e. The highest BCUT2D eigenvalue weighted by atomic mass is 35.5. The maximum Gasteiger partial charge on any atom is 0.293 e. The van der Waals surface area contributed by atoms with Crippen molar-refractivity contribution >= 4 is 28.9 Å². The predicted molar refractivity (Wildman–Crippen MR) is 90.0 cm³/mol. The van der Waals surface area contributed by atoms with Crippen LogP contribution in [0.15, 0.2) is 42.5 Å². The van der Waals surface area contributed by atoms with Gasteiger partial charge in [-0.15, -0.1) is 0 Å². The van der Waals surface area contributed by atoms with Gasteiger partial charge < -0.3 is 10.6 Å². The van der Waals surface area contributed by atoms with Gasteiger partial charge in [0.05, 0.1) is 11.0 Å². The zero-order valence-corrected chi connectivity index (χ0v) is 13.4. The van der Waals surface area contributed by atoms with Crippen molar-refractivity contribution in [3.63, 3.8) is 0 Å². The molecule has 0 aliphatic heterocycles. The van der Waals surface area contributed by atoms with Crippen molar-refractivity contribution in [2.45, 2.75) is 13.0 Å². The number of nitrogens with one attached hydrogen (secondary N) is 2. The maximum atomic E-state index is 12.3. The topological polar surface area (TPSA) is 84.3 Å². The third kappa shape index (κ3) is 3.98. The van der Waals surface area contributed by atoms with Crippen LogP contribution in [0.25, 0.3) is 0 Å². The van der Waals surface area contributed by atoms with Gasteiger partial charge in [-0.2, -0.15) is 0 Å². The van der Waals surface area contributed by atoms with Gasteiger partial charge in [-0.1, -0.05) is 23.7 Å². The van der Waals surface area contributed by atoms with Gasteiger partial charge in [0.25, 0.3) is 11.6 Å². The zero-order valence-electron chi connectivity index (χ0n) is 12.7. The molecule has 2 rings (SSSR count). The summed E-state index contributed by atoms with van der Waals surface area (Å²) in [5.41, 5.74) is 1.34. The Balaban J connectivity index is 2.18. The van der Waals surface area contributed by atoms with Crippen molar-refractivity contribution in [3.05, 3.63) is 68.7 Å². The van der Waals surface area contributed by atoms with E-state index in [4.69, 9.17) is 11.6 Å². The van der Waals surface area contributed by atoms with E-state index in [-0.39, 0.29) is 23.2 Å². The zero-order chi connectivity index (χ0) is 17.0. The molecule has 0 bridgehead atoms. The molecule has 0 heterocycles. The molecule has 1 atom stereocenters. The third-order valence-corrected chi connectivity index (χ3v) is 3.70. The Morgan fingerprint density at radius 2 is 1.87 bits per heavy atom. The average Bonchev–Trinajstić information content (AvgIpc) is 2.54. The normalized spacial score (nSPS) is 11.6. The summed E-state index contributed by atoms with van der Waals surface area (Å²) in [5, 5.41) is 17.2. The molecule has 0 unspecified atom stereocenters. The number of nitro groups is 1. The number of hydrogen-bond donors (Lipinski definition) is 2. The Morgan fingerprint density at radius 1 is 1.22 bits per heavy atom. The molecule has 0 saturated heterocycles. The summed E-state index contributed by atoms with van der Waals surface area (Å²) in [6, 6.07) is 11.2. The van der Waals surface area contributed by atoms with E-state index < -0.39 is 4.92 Å². The van der Waals surface area contributed by atoms with Crippen LogP contribution in [-0.4, -0.2) is 17.9 Å². The van der Waals surface area contributed by atoms with E-state index in [2.05, 4.69) is 10.6 Å². The number of anilines is 1. The highest BCUT2D eigenvalue weighted by Gasteiger charge is 2.18. The van der Waals surface area contributed by atoms with E-state index in [0.29, 0.717) is 10.7 Å². The van der Waals surface area contributed by atoms with Crippen molar-refractivity contribution in [1.82, 2.24) is 5.32 Å². The molecule has 0 aromatic heterocycles. The van der Waals surface area contributed by atoms with Gasteiger partial charge in [-0.25, -0.2) is 0 Å². The molecular weight excluding hydrogens is 318 g/mol. The number of halogens is 1. The summed E-state index contributed by atoms with van der Waals surface area (Å²) < 4.78 is 0. The summed E-state index contributed by atoms with van der Waals surface area (Å²) in [4.78, 5) is 22.8. The minimum absolute atomic E-state index is 0.140. The van der Waals surface area contributed by atoms with Crippen LogP contribution in [0.5, 0.6) is 0 Å². The van der Waals surface area contributed by atoms with Crippen LogP contribution in [-0.2, 0) is 0 Å². The van der Waals surface area contributed by atoms with Crippen LogP contribution in [0.3, 0.4) is 0 Å². The van der Waals surface area contributed by atoms with Gasteiger partial charge in [0.15, 0.2) is 0 Å². The number of hydrogen-bond acceptors (Lipinski definition) is 4. The summed E-state index contributed by atoms with van der Waals surface area (Å²) in [6.07, 6.45) is 0. The molecule has 0 spiro atoms. The Kier molecular flexibility index (Phi) is 5.18. The number of amides is 1. The van der Waals surface area contributed by atoms with Gasteiger partial charge in [0.2, 0.25) is 0 Å². The quantitative estimate of drug-likeness (QED) is 0.644. The number of nitro benzene ring substituents is 1. The fraction of sp³-hybridized carbons (Fsp3) is 0.188. The van der Waals surface area contributed by atoms with Crippen LogP contribution in [0.2, 0.25) is 5.02 Å². The number of carbonyl (C=O) groups excluding carboxylic acids is 1. The molecule has 6 nitrogen and oxygen atoms in total. The van der Waals surface area contributed by atoms with Gasteiger partial charge in [-0.3, -0.25) is 14.9 Å². The van der Waals surface area contributed by atoms with Crippen molar-refractivity contribution in [2.75, 3.05) is 12.4 Å².